The summed E-state index contributed by atoms with van der Waals surface area (Å²) in [6.45, 7) is 1.57. The van der Waals surface area contributed by atoms with E-state index in [1.165, 1.54) is 0 Å². The van der Waals surface area contributed by atoms with Crippen LogP contribution in [0.1, 0.15) is 16.7 Å². The van der Waals surface area contributed by atoms with Gasteiger partial charge in [-0.25, -0.2) is 10.8 Å². The number of aromatic nitrogens is 1. The quantitative estimate of drug-likeness (QED) is 0.638. The molecule has 0 aliphatic heterocycles. The Morgan fingerprint density at radius 1 is 1.25 bits per heavy atom. The van der Waals surface area contributed by atoms with Crippen LogP contribution in [0.15, 0.2) is 42.6 Å². The molecule has 0 saturated carbocycles. The van der Waals surface area contributed by atoms with E-state index in [0.717, 1.165) is 24.2 Å². The van der Waals surface area contributed by atoms with Crippen molar-refractivity contribution in [3.8, 4) is 6.07 Å². The van der Waals surface area contributed by atoms with Crippen molar-refractivity contribution < 1.29 is 0 Å². The second-order valence-corrected chi connectivity index (χ2v) is 4.68. The van der Waals surface area contributed by atoms with E-state index in [-0.39, 0.29) is 0 Å². The van der Waals surface area contributed by atoms with E-state index in [9.17, 15) is 0 Å². The standard InChI is InChI=1S/C15H17N5/c1-20(10-13-4-2-3-12(7-13)9-16)11-14-5-6-18-15(8-14)19-17/h2-8H,10-11,17H2,1H3,(H,18,19). The maximum atomic E-state index is 8.90. The number of pyridine rings is 1. The Labute approximate surface area is 118 Å². The van der Waals surface area contributed by atoms with Crippen molar-refractivity contribution in [2.24, 2.45) is 5.84 Å². The van der Waals surface area contributed by atoms with E-state index < -0.39 is 0 Å². The highest BCUT2D eigenvalue weighted by molar-refractivity contribution is 5.36. The first-order chi connectivity index (χ1) is 9.71. The average Bonchev–Trinajstić information content (AvgIpc) is 2.47. The maximum absolute atomic E-state index is 8.90. The lowest BCUT2D eigenvalue weighted by molar-refractivity contribution is 0.319. The number of nitrogens with one attached hydrogen (secondary N) is 1. The molecule has 20 heavy (non-hydrogen) atoms. The summed E-state index contributed by atoms with van der Waals surface area (Å²) in [4.78, 5) is 6.25. The lowest BCUT2D eigenvalue weighted by Crippen LogP contribution is -2.17. The molecule has 0 spiro atoms. The van der Waals surface area contributed by atoms with Gasteiger partial charge in [-0.1, -0.05) is 12.1 Å². The molecule has 3 N–H and O–H groups in total. The number of hydrogen-bond donors (Lipinski definition) is 2. The maximum Gasteiger partial charge on any atom is 0.140 e. The Bertz CT molecular complexity index is 618. The summed E-state index contributed by atoms with van der Waals surface area (Å²) in [7, 11) is 2.04. The van der Waals surface area contributed by atoms with Crippen molar-refractivity contribution in [2.45, 2.75) is 13.1 Å². The van der Waals surface area contributed by atoms with Crippen molar-refractivity contribution in [3.05, 3.63) is 59.3 Å². The summed E-state index contributed by atoms with van der Waals surface area (Å²) >= 11 is 0. The van der Waals surface area contributed by atoms with Crippen LogP contribution in [0.25, 0.3) is 0 Å². The van der Waals surface area contributed by atoms with Crippen molar-refractivity contribution in [3.63, 3.8) is 0 Å². The van der Waals surface area contributed by atoms with Crippen LogP contribution in [0.5, 0.6) is 0 Å². The Morgan fingerprint density at radius 3 is 2.70 bits per heavy atom. The summed E-state index contributed by atoms with van der Waals surface area (Å²) in [5.41, 5.74) is 5.48. The molecule has 2 aromatic rings. The van der Waals surface area contributed by atoms with E-state index in [4.69, 9.17) is 11.1 Å². The first kappa shape index (κ1) is 14.0. The van der Waals surface area contributed by atoms with Gasteiger partial charge in [-0.3, -0.25) is 4.90 Å². The summed E-state index contributed by atoms with van der Waals surface area (Å²) in [5, 5.41) is 8.90. The molecule has 1 aromatic heterocycles. The zero-order chi connectivity index (χ0) is 14.4. The Morgan fingerprint density at radius 2 is 2.00 bits per heavy atom. The van der Waals surface area contributed by atoms with Gasteiger partial charge in [-0.2, -0.15) is 5.26 Å². The van der Waals surface area contributed by atoms with Crippen molar-refractivity contribution >= 4 is 5.82 Å². The molecule has 0 bridgehead atoms. The number of anilines is 1. The summed E-state index contributed by atoms with van der Waals surface area (Å²) < 4.78 is 0. The van der Waals surface area contributed by atoms with Crippen LogP contribution < -0.4 is 11.3 Å². The first-order valence-electron chi connectivity index (χ1n) is 6.30. The fourth-order valence-corrected chi connectivity index (χ4v) is 2.07. The molecule has 5 heteroatoms. The minimum atomic E-state index is 0.655. The minimum absolute atomic E-state index is 0.655. The number of hydrogen-bond acceptors (Lipinski definition) is 5. The highest BCUT2D eigenvalue weighted by Crippen LogP contribution is 2.11. The Balaban J connectivity index is 2.01. The number of nitrogen functional groups attached to an aromatic ring is 1. The van der Waals surface area contributed by atoms with Crippen molar-refractivity contribution in [2.75, 3.05) is 12.5 Å². The van der Waals surface area contributed by atoms with E-state index in [0.29, 0.717) is 11.4 Å². The largest absolute Gasteiger partial charge is 0.308 e. The van der Waals surface area contributed by atoms with Gasteiger partial charge >= 0.3 is 0 Å². The number of hydrazine groups is 1. The van der Waals surface area contributed by atoms with Crippen LogP contribution in [0.4, 0.5) is 5.82 Å². The summed E-state index contributed by atoms with van der Waals surface area (Å²) in [6, 6.07) is 13.7. The van der Waals surface area contributed by atoms with Crippen molar-refractivity contribution in [1.29, 1.82) is 5.26 Å². The molecule has 1 aromatic carbocycles. The molecule has 2 rings (SSSR count). The van der Waals surface area contributed by atoms with Crippen molar-refractivity contribution in [1.82, 2.24) is 9.88 Å². The van der Waals surface area contributed by atoms with E-state index in [1.54, 1.807) is 6.20 Å². The first-order valence-corrected chi connectivity index (χ1v) is 6.30. The van der Waals surface area contributed by atoms with Gasteiger partial charge in [-0.05, 0) is 42.4 Å². The number of nitrogens with zero attached hydrogens (tertiary/aromatic N) is 3. The van der Waals surface area contributed by atoms with E-state index in [1.807, 2.05) is 43.4 Å². The zero-order valence-electron chi connectivity index (χ0n) is 11.4. The van der Waals surface area contributed by atoms with Crippen LogP contribution in [-0.4, -0.2) is 16.9 Å². The van der Waals surface area contributed by atoms with Gasteiger partial charge in [-0.15, -0.1) is 0 Å². The predicted molar refractivity (Wildman–Crippen MR) is 78.4 cm³/mol. The fourth-order valence-electron chi connectivity index (χ4n) is 2.07. The molecule has 0 aliphatic rings. The third-order valence-corrected chi connectivity index (χ3v) is 2.93. The van der Waals surface area contributed by atoms with Gasteiger partial charge in [0.25, 0.3) is 0 Å². The molecule has 1 heterocycles. The van der Waals surface area contributed by atoms with Gasteiger partial charge in [0.2, 0.25) is 0 Å². The summed E-state index contributed by atoms with van der Waals surface area (Å²) in [6.07, 6.45) is 1.73. The van der Waals surface area contributed by atoms with Crippen LogP contribution in [-0.2, 0) is 13.1 Å². The lowest BCUT2D eigenvalue weighted by atomic mass is 10.1. The number of benzene rings is 1. The van der Waals surface area contributed by atoms with E-state index in [2.05, 4.69) is 21.4 Å². The topological polar surface area (TPSA) is 78.0 Å². The molecule has 0 saturated heterocycles. The molecule has 0 aliphatic carbocycles. The predicted octanol–water partition coefficient (Wildman–Crippen LogP) is 1.87. The lowest BCUT2D eigenvalue weighted by Gasteiger charge is -2.17. The van der Waals surface area contributed by atoms with Crippen LogP contribution in [0.3, 0.4) is 0 Å². The van der Waals surface area contributed by atoms with Gasteiger partial charge < -0.3 is 5.43 Å². The Kier molecular flexibility index (Phi) is 4.66. The SMILES string of the molecule is CN(Cc1cccc(C#N)c1)Cc1ccnc(NN)c1. The molecule has 102 valence electrons. The third-order valence-electron chi connectivity index (χ3n) is 2.93. The monoisotopic (exact) mass is 267 g/mol. The highest BCUT2D eigenvalue weighted by Gasteiger charge is 2.04. The molecular weight excluding hydrogens is 250 g/mol. The zero-order valence-corrected chi connectivity index (χ0v) is 11.4. The molecule has 0 amide bonds. The molecule has 0 atom stereocenters. The smallest absolute Gasteiger partial charge is 0.140 e. The fraction of sp³-hybridized carbons (Fsp3) is 0.200. The minimum Gasteiger partial charge on any atom is -0.308 e. The average molecular weight is 267 g/mol. The number of rotatable bonds is 5. The van der Waals surface area contributed by atoms with E-state index >= 15 is 0 Å². The molecule has 5 nitrogen and oxygen atoms in total. The second kappa shape index (κ2) is 6.66. The summed E-state index contributed by atoms with van der Waals surface area (Å²) in [5.74, 6) is 6.00. The Hall–Kier alpha value is -2.42. The normalized spacial score (nSPS) is 10.3. The van der Waals surface area contributed by atoms with Gasteiger partial charge in [0, 0.05) is 19.3 Å². The molecule has 0 unspecified atom stereocenters. The second-order valence-electron chi connectivity index (χ2n) is 4.68. The number of nitriles is 1. The van der Waals surface area contributed by atoms with Crippen LogP contribution >= 0.6 is 0 Å². The molecule has 0 fully saturated rings. The van der Waals surface area contributed by atoms with Gasteiger partial charge in [0.1, 0.15) is 5.82 Å². The molecular formula is C15H17N5. The third kappa shape index (κ3) is 3.79. The van der Waals surface area contributed by atoms with Crippen LogP contribution in [0.2, 0.25) is 0 Å². The van der Waals surface area contributed by atoms with Crippen LogP contribution in [0, 0.1) is 11.3 Å². The van der Waals surface area contributed by atoms with Gasteiger partial charge in [0.05, 0.1) is 11.6 Å². The molecule has 0 radical (unpaired) electrons. The highest BCUT2D eigenvalue weighted by atomic mass is 15.2. The number of nitrogens with two attached hydrogens (primary N) is 1. The van der Waals surface area contributed by atoms with Gasteiger partial charge in [0.15, 0.2) is 0 Å².